The number of hydrogen-bond acceptors (Lipinski definition) is 3. The molecule has 0 radical (unpaired) electrons. The Morgan fingerprint density at radius 2 is 1.38 bits per heavy atom. The minimum absolute atomic E-state index is 0.0198. The highest BCUT2D eigenvalue weighted by Crippen LogP contribution is 2.41. The highest BCUT2D eigenvalue weighted by Gasteiger charge is 2.36. The molecule has 0 fully saturated rings. The zero-order valence-corrected chi connectivity index (χ0v) is 22.8. The second kappa shape index (κ2) is 10.8. The van der Waals surface area contributed by atoms with Gasteiger partial charge in [-0.05, 0) is 62.4 Å². The first kappa shape index (κ1) is 27.2. The third-order valence-corrected chi connectivity index (χ3v) is 7.05. The van der Waals surface area contributed by atoms with Gasteiger partial charge in [-0.3, -0.25) is 0 Å². The van der Waals surface area contributed by atoms with Crippen molar-refractivity contribution in [1.29, 1.82) is 0 Å². The van der Waals surface area contributed by atoms with Gasteiger partial charge in [0, 0.05) is 16.7 Å². The molecule has 0 aliphatic rings. The lowest BCUT2D eigenvalue weighted by Crippen LogP contribution is -2.08. The summed E-state index contributed by atoms with van der Waals surface area (Å²) in [5.74, 6) is 0.0759. The Bertz CT molecular complexity index is 1880. The molecule has 0 saturated heterocycles. The molecule has 0 N–H and O–H groups in total. The average Bonchev–Trinajstić information content (AvgIpc) is 3.36. The molecule has 0 spiro atoms. The van der Waals surface area contributed by atoms with Crippen molar-refractivity contribution in [2.45, 2.75) is 26.6 Å². The maximum absolute atomic E-state index is 14.7. The molecule has 0 atom stereocenters. The summed E-state index contributed by atoms with van der Waals surface area (Å²) in [7, 11) is 0. The molecule has 0 unspecified atom stereocenters. The van der Waals surface area contributed by atoms with Crippen molar-refractivity contribution in [2.75, 3.05) is 0 Å². The molecule has 42 heavy (non-hydrogen) atoms. The number of halogens is 4. The normalized spacial score (nSPS) is 11.7. The van der Waals surface area contributed by atoms with Crippen LogP contribution in [0, 0.1) is 19.7 Å². The lowest BCUT2D eigenvalue weighted by molar-refractivity contribution is -0.136. The van der Waals surface area contributed by atoms with E-state index in [1.165, 1.54) is 10.7 Å². The van der Waals surface area contributed by atoms with Gasteiger partial charge in [0.1, 0.15) is 23.9 Å². The van der Waals surface area contributed by atoms with E-state index in [4.69, 9.17) is 9.72 Å². The second-order valence-corrected chi connectivity index (χ2v) is 10.1. The summed E-state index contributed by atoms with van der Waals surface area (Å²) in [4.78, 5) is 4.73. The monoisotopic (exact) mass is 567 g/mol. The summed E-state index contributed by atoms with van der Waals surface area (Å²) in [5.41, 5.74) is 3.64. The Morgan fingerprint density at radius 3 is 2.02 bits per heavy atom. The Hall–Kier alpha value is -4.98. The predicted octanol–water partition coefficient (Wildman–Crippen LogP) is 9.11. The van der Waals surface area contributed by atoms with Crippen LogP contribution in [0.4, 0.5) is 17.6 Å². The van der Waals surface area contributed by atoms with E-state index >= 15 is 0 Å². The lowest BCUT2D eigenvalue weighted by Gasteiger charge is -2.13. The molecule has 6 rings (SSSR count). The fraction of sp³-hybridized carbons (Fsp3) is 0.118. The first-order valence-corrected chi connectivity index (χ1v) is 13.3. The van der Waals surface area contributed by atoms with Gasteiger partial charge in [-0.2, -0.15) is 18.3 Å². The van der Waals surface area contributed by atoms with E-state index in [1.54, 1.807) is 54.6 Å². The molecule has 0 aliphatic carbocycles. The second-order valence-electron chi connectivity index (χ2n) is 10.1. The number of rotatable bonds is 6. The van der Waals surface area contributed by atoms with Gasteiger partial charge in [-0.1, -0.05) is 65.7 Å². The Kier molecular flexibility index (Phi) is 6.98. The molecular formula is C34H25F4N3O. The smallest absolute Gasteiger partial charge is 0.417 e. The fourth-order valence-corrected chi connectivity index (χ4v) is 4.77. The van der Waals surface area contributed by atoms with Gasteiger partial charge >= 0.3 is 6.18 Å². The van der Waals surface area contributed by atoms with Crippen LogP contribution in [0.2, 0.25) is 0 Å². The largest absolute Gasteiger partial charge is 0.489 e. The van der Waals surface area contributed by atoms with Gasteiger partial charge in [0.05, 0.1) is 22.3 Å². The van der Waals surface area contributed by atoms with Crippen LogP contribution in [0.1, 0.15) is 22.3 Å². The van der Waals surface area contributed by atoms with E-state index in [1.807, 2.05) is 50.2 Å². The maximum Gasteiger partial charge on any atom is 0.417 e. The third-order valence-electron chi connectivity index (χ3n) is 7.05. The van der Waals surface area contributed by atoms with Gasteiger partial charge in [0.15, 0.2) is 5.65 Å². The molecule has 8 heteroatoms. The van der Waals surface area contributed by atoms with Crippen molar-refractivity contribution >= 4 is 11.0 Å². The number of alkyl halides is 3. The standard InChI is InChI=1S/C34H25F4N3O/c1-21-7-11-24(12-8-21)32-31-28(34(36,37)38)19-30(39-33(31)41(40-32)26-15-9-22(2)10-16-26)23-13-17-27(18-14-23)42-20-25-5-3-4-6-29(25)35/h3-19H,20H2,1-2H3. The summed E-state index contributed by atoms with van der Waals surface area (Å²) in [6.45, 7) is 3.87. The molecule has 210 valence electrons. The Balaban J connectivity index is 1.48. The van der Waals surface area contributed by atoms with E-state index < -0.39 is 11.7 Å². The van der Waals surface area contributed by atoms with Crippen LogP contribution < -0.4 is 4.74 Å². The number of benzene rings is 4. The van der Waals surface area contributed by atoms with Gasteiger partial charge < -0.3 is 4.74 Å². The summed E-state index contributed by atoms with van der Waals surface area (Å²) < 4.78 is 65.2. The Morgan fingerprint density at radius 1 is 0.762 bits per heavy atom. The van der Waals surface area contributed by atoms with Crippen LogP contribution in [-0.2, 0) is 12.8 Å². The number of pyridine rings is 1. The number of ether oxygens (including phenoxy) is 1. The van der Waals surface area contributed by atoms with Crippen LogP contribution in [0.15, 0.2) is 103 Å². The number of aryl methyl sites for hydroxylation is 2. The topological polar surface area (TPSA) is 39.9 Å². The van der Waals surface area contributed by atoms with E-state index in [9.17, 15) is 17.6 Å². The molecule has 0 aliphatic heterocycles. The van der Waals surface area contributed by atoms with Crippen molar-refractivity contribution in [1.82, 2.24) is 14.8 Å². The molecule has 2 heterocycles. The molecule has 6 aromatic rings. The van der Waals surface area contributed by atoms with Gasteiger partial charge in [0.2, 0.25) is 0 Å². The molecule has 4 aromatic carbocycles. The lowest BCUT2D eigenvalue weighted by atomic mass is 10.0. The van der Waals surface area contributed by atoms with Crippen LogP contribution in [0.25, 0.3) is 39.2 Å². The SMILES string of the molecule is Cc1ccc(-c2nn(-c3ccc(C)cc3)c3nc(-c4ccc(OCc5ccccc5F)cc4)cc(C(F)(F)F)c23)cc1. The van der Waals surface area contributed by atoms with Crippen LogP contribution in [-0.4, -0.2) is 14.8 Å². The third kappa shape index (κ3) is 5.35. The van der Waals surface area contributed by atoms with E-state index in [-0.39, 0.29) is 34.8 Å². The summed E-state index contributed by atoms with van der Waals surface area (Å²) in [5, 5.41) is 4.61. The quantitative estimate of drug-likeness (QED) is 0.189. The number of fused-ring (bicyclic) bond motifs is 1. The van der Waals surface area contributed by atoms with Gasteiger partial charge in [-0.15, -0.1) is 0 Å². The van der Waals surface area contributed by atoms with E-state index in [0.29, 0.717) is 28.1 Å². The minimum Gasteiger partial charge on any atom is -0.489 e. The molecule has 2 aromatic heterocycles. The molecule has 0 amide bonds. The van der Waals surface area contributed by atoms with Crippen molar-refractivity contribution in [3.63, 3.8) is 0 Å². The first-order chi connectivity index (χ1) is 20.2. The highest BCUT2D eigenvalue weighted by atomic mass is 19.4. The summed E-state index contributed by atoms with van der Waals surface area (Å²) in [6, 6.07) is 28.5. The average molecular weight is 568 g/mol. The van der Waals surface area contributed by atoms with Gasteiger partial charge in [0.25, 0.3) is 0 Å². The highest BCUT2D eigenvalue weighted by molar-refractivity contribution is 5.96. The fourth-order valence-electron chi connectivity index (χ4n) is 4.77. The summed E-state index contributed by atoms with van der Waals surface area (Å²) >= 11 is 0. The number of nitrogens with zero attached hydrogens (tertiary/aromatic N) is 3. The van der Waals surface area contributed by atoms with Crippen molar-refractivity contribution in [3.05, 3.63) is 131 Å². The van der Waals surface area contributed by atoms with Crippen LogP contribution in [0.3, 0.4) is 0 Å². The predicted molar refractivity (Wildman–Crippen MR) is 155 cm³/mol. The van der Waals surface area contributed by atoms with Crippen LogP contribution in [0.5, 0.6) is 5.75 Å². The van der Waals surface area contributed by atoms with Crippen LogP contribution >= 0.6 is 0 Å². The van der Waals surface area contributed by atoms with Crippen molar-refractivity contribution in [2.24, 2.45) is 0 Å². The van der Waals surface area contributed by atoms with E-state index in [0.717, 1.165) is 17.2 Å². The minimum atomic E-state index is -4.67. The maximum atomic E-state index is 14.7. The van der Waals surface area contributed by atoms with Crippen molar-refractivity contribution in [3.8, 4) is 34.0 Å². The molecule has 0 bridgehead atoms. The zero-order chi connectivity index (χ0) is 29.4. The zero-order valence-electron chi connectivity index (χ0n) is 22.8. The Labute approximate surface area is 239 Å². The molecular weight excluding hydrogens is 542 g/mol. The number of hydrogen-bond donors (Lipinski definition) is 0. The summed E-state index contributed by atoms with van der Waals surface area (Å²) in [6.07, 6.45) is -4.67. The first-order valence-electron chi connectivity index (χ1n) is 13.3. The van der Waals surface area contributed by atoms with E-state index in [2.05, 4.69) is 5.10 Å². The van der Waals surface area contributed by atoms with Gasteiger partial charge in [-0.25, -0.2) is 14.1 Å². The molecule has 4 nitrogen and oxygen atoms in total. The number of aromatic nitrogens is 3. The van der Waals surface area contributed by atoms with Crippen molar-refractivity contribution < 1.29 is 22.3 Å². The molecule has 0 saturated carbocycles.